The third-order valence-electron chi connectivity index (χ3n) is 2.92. The minimum Gasteiger partial charge on any atom is -0.295 e. The Kier molecular flexibility index (Phi) is 4.20. The van der Waals surface area contributed by atoms with Crippen molar-refractivity contribution in [3.05, 3.63) is 11.6 Å². The van der Waals surface area contributed by atoms with Gasteiger partial charge in [0.1, 0.15) is 0 Å². The molecule has 0 saturated heterocycles. The van der Waals surface area contributed by atoms with Gasteiger partial charge in [0.05, 0.1) is 0 Å². The average Bonchev–Trinajstić information content (AvgIpc) is 2.16. The van der Waals surface area contributed by atoms with Crippen molar-refractivity contribution >= 4 is 5.78 Å². The van der Waals surface area contributed by atoms with Crippen molar-refractivity contribution in [3.63, 3.8) is 0 Å². The van der Waals surface area contributed by atoms with Crippen LogP contribution >= 0.6 is 0 Å². The maximum absolute atomic E-state index is 11.2. The second-order valence-corrected chi connectivity index (χ2v) is 3.92. The Morgan fingerprint density at radius 2 is 2.23 bits per heavy atom. The molecular formula is C12H20O. The summed E-state index contributed by atoms with van der Waals surface area (Å²) < 4.78 is 0. The molecule has 13 heavy (non-hydrogen) atoms. The fraction of sp³-hybridized carbons (Fsp3) is 0.750. The lowest BCUT2D eigenvalue weighted by molar-refractivity contribution is -0.115. The number of carbonyl (C=O) groups excluding carboxylic acids is 1. The number of unbranched alkanes of at least 4 members (excludes halogenated alkanes) is 1. The summed E-state index contributed by atoms with van der Waals surface area (Å²) in [5, 5.41) is 0. The first kappa shape index (κ1) is 10.5. The molecule has 0 N–H and O–H groups in total. The molecule has 1 aliphatic carbocycles. The Morgan fingerprint density at radius 1 is 1.46 bits per heavy atom. The van der Waals surface area contributed by atoms with Crippen LogP contribution in [-0.4, -0.2) is 5.78 Å². The van der Waals surface area contributed by atoms with E-state index >= 15 is 0 Å². The zero-order valence-electron chi connectivity index (χ0n) is 8.81. The molecule has 0 saturated carbocycles. The number of ketones is 1. The molecule has 0 aromatic carbocycles. The van der Waals surface area contributed by atoms with Crippen molar-refractivity contribution in [2.45, 2.75) is 52.4 Å². The molecule has 0 aromatic rings. The summed E-state index contributed by atoms with van der Waals surface area (Å²) in [6.07, 6.45) is 8.67. The van der Waals surface area contributed by atoms with Gasteiger partial charge in [-0.15, -0.1) is 0 Å². The first-order valence-electron chi connectivity index (χ1n) is 5.51. The Hall–Kier alpha value is -0.590. The monoisotopic (exact) mass is 180 g/mol. The van der Waals surface area contributed by atoms with Gasteiger partial charge in [-0.3, -0.25) is 4.79 Å². The number of hydrogen-bond acceptors (Lipinski definition) is 1. The first-order valence-corrected chi connectivity index (χ1v) is 5.51. The molecule has 1 heteroatoms. The molecule has 1 nitrogen and oxygen atoms in total. The molecule has 0 aromatic heterocycles. The molecule has 0 radical (unpaired) electrons. The van der Waals surface area contributed by atoms with Gasteiger partial charge in [-0.2, -0.15) is 0 Å². The van der Waals surface area contributed by atoms with Crippen LogP contribution in [0.1, 0.15) is 52.4 Å². The third-order valence-corrected chi connectivity index (χ3v) is 2.92. The summed E-state index contributed by atoms with van der Waals surface area (Å²) in [7, 11) is 0. The molecule has 0 spiro atoms. The van der Waals surface area contributed by atoms with Crippen molar-refractivity contribution < 1.29 is 4.79 Å². The van der Waals surface area contributed by atoms with E-state index < -0.39 is 0 Å². The first-order chi connectivity index (χ1) is 6.27. The lowest BCUT2D eigenvalue weighted by atomic mass is 9.82. The zero-order valence-corrected chi connectivity index (χ0v) is 8.81. The maximum Gasteiger partial charge on any atom is 0.155 e. The van der Waals surface area contributed by atoms with E-state index in [0.717, 1.165) is 19.3 Å². The van der Waals surface area contributed by atoms with E-state index in [2.05, 4.69) is 13.8 Å². The summed E-state index contributed by atoms with van der Waals surface area (Å²) in [6.45, 7) is 4.38. The van der Waals surface area contributed by atoms with E-state index in [1.165, 1.54) is 24.8 Å². The minimum atomic E-state index is 0.338. The van der Waals surface area contributed by atoms with Gasteiger partial charge in [-0.1, -0.05) is 32.3 Å². The van der Waals surface area contributed by atoms with Crippen LogP contribution in [0.25, 0.3) is 0 Å². The third kappa shape index (κ3) is 2.98. The largest absolute Gasteiger partial charge is 0.295 e. The van der Waals surface area contributed by atoms with E-state index in [1.54, 1.807) is 0 Å². The minimum absolute atomic E-state index is 0.338. The smallest absolute Gasteiger partial charge is 0.155 e. The Labute approximate surface area is 81.2 Å². The quantitative estimate of drug-likeness (QED) is 0.647. The zero-order chi connectivity index (χ0) is 9.68. The van der Waals surface area contributed by atoms with Crippen molar-refractivity contribution in [1.29, 1.82) is 0 Å². The predicted molar refractivity (Wildman–Crippen MR) is 55.6 cm³/mol. The van der Waals surface area contributed by atoms with Gasteiger partial charge in [0.25, 0.3) is 0 Å². The molecule has 0 heterocycles. The van der Waals surface area contributed by atoms with E-state index in [9.17, 15) is 4.79 Å². The van der Waals surface area contributed by atoms with Crippen LogP contribution in [0.4, 0.5) is 0 Å². The molecule has 0 amide bonds. The van der Waals surface area contributed by atoms with E-state index in [0.29, 0.717) is 11.7 Å². The predicted octanol–water partition coefficient (Wildman–Crippen LogP) is 3.49. The molecule has 74 valence electrons. The Morgan fingerprint density at radius 3 is 2.85 bits per heavy atom. The second-order valence-electron chi connectivity index (χ2n) is 3.92. The van der Waals surface area contributed by atoms with Gasteiger partial charge in [-0.25, -0.2) is 0 Å². The van der Waals surface area contributed by atoms with Crippen molar-refractivity contribution in [3.8, 4) is 0 Å². The van der Waals surface area contributed by atoms with Crippen LogP contribution in [0, 0.1) is 5.92 Å². The highest BCUT2D eigenvalue weighted by Crippen LogP contribution is 2.29. The molecule has 1 aliphatic rings. The fourth-order valence-electron chi connectivity index (χ4n) is 2.07. The van der Waals surface area contributed by atoms with Crippen LogP contribution < -0.4 is 0 Å². The van der Waals surface area contributed by atoms with Crippen molar-refractivity contribution in [1.82, 2.24) is 0 Å². The van der Waals surface area contributed by atoms with Gasteiger partial charge in [0.15, 0.2) is 5.78 Å². The van der Waals surface area contributed by atoms with Crippen LogP contribution in [0.3, 0.4) is 0 Å². The highest BCUT2D eigenvalue weighted by atomic mass is 16.1. The van der Waals surface area contributed by atoms with Crippen LogP contribution in [0.2, 0.25) is 0 Å². The van der Waals surface area contributed by atoms with Crippen LogP contribution in [0.15, 0.2) is 11.6 Å². The molecule has 1 unspecified atom stereocenters. The summed E-state index contributed by atoms with van der Waals surface area (Å²) in [4.78, 5) is 11.2. The molecular weight excluding hydrogens is 160 g/mol. The number of carbonyl (C=O) groups is 1. The molecule has 0 bridgehead atoms. The van der Waals surface area contributed by atoms with E-state index in [-0.39, 0.29) is 0 Å². The van der Waals surface area contributed by atoms with Gasteiger partial charge in [0, 0.05) is 6.42 Å². The lowest BCUT2D eigenvalue weighted by Crippen LogP contribution is -2.13. The summed E-state index contributed by atoms with van der Waals surface area (Å²) in [6, 6.07) is 0. The van der Waals surface area contributed by atoms with Crippen LogP contribution in [0.5, 0.6) is 0 Å². The highest BCUT2D eigenvalue weighted by molar-refractivity contribution is 5.91. The summed E-state index contributed by atoms with van der Waals surface area (Å²) >= 11 is 0. The number of allylic oxidation sites excluding steroid dienone is 2. The highest BCUT2D eigenvalue weighted by Gasteiger charge is 2.19. The molecule has 0 aliphatic heterocycles. The average molecular weight is 180 g/mol. The van der Waals surface area contributed by atoms with Crippen LogP contribution in [-0.2, 0) is 4.79 Å². The summed E-state index contributed by atoms with van der Waals surface area (Å²) in [5.74, 6) is 1.05. The molecule has 0 fully saturated rings. The van der Waals surface area contributed by atoms with E-state index in [4.69, 9.17) is 0 Å². The standard InChI is InChI=1S/C12H20O/c1-3-5-6-11-7-8-12(13)9-10(11)4-2/h9,11H,3-8H2,1-2H3. The summed E-state index contributed by atoms with van der Waals surface area (Å²) in [5.41, 5.74) is 1.39. The normalized spacial score (nSPS) is 23.1. The number of hydrogen-bond donors (Lipinski definition) is 0. The van der Waals surface area contributed by atoms with Gasteiger partial charge in [-0.05, 0) is 31.3 Å². The maximum atomic E-state index is 11.2. The number of rotatable bonds is 4. The fourth-order valence-corrected chi connectivity index (χ4v) is 2.07. The Bertz CT molecular complexity index is 203. The Balaban J connectivity index is 2.53. The van der Waals surface area contributed by atoms with Gasteiger partial charge in [0.2, 0.25) is 0 Å². The van der Waals surface area contributed by atoms with E-state index in [1.807, 2.05) is 6.08 Å². The lowest BCUT2D eigenvalue weighted by Gasteiger charge is -2.22. The molecule has 1 atom stereocenters. The second kappa shape index (κ2) is 5.21. The topological polar surface area (TPSA) is 17.1 Å². The SMILES string of the molecule is CCCCC1CCC(=O)C=C1CC. The van der Waals surface area contributed by atoms with Crippen molar-refractivity contribution in [2.75, 3.05) is 0 Å². The van der Waals surface area contributed by atoms with Crippen molar-refractivity contribution in [2.24, 2.45) is 5.92 Å². The van der Waals surface area contributed by atoms with Gasteiger partial charge >= 0.3 is 0 Å². The van der Waals surface area contributed by atoms with Gasteiger partial charge < -0.3 is 0 Å². The molecule has 1 rings (SSSR count).